The number of halogens is 1. The molecule has 0 heterocycles. The van der Waals surface area contributed by atoms with Gasteiger partial charge in [-0.3, -0.25) is 0 Å². The van der Waals surface area contributed by atoms with Crippen molar-refractivity contribution in [1.82, 2.24) is 0 Å². The van der Waals surface area contributed by atoms with Crippen LogP contribution in [0.4, 0.5) is 0 Å². The molecule has 0 spiro atoms. The normalized spacial score (nSPS) is 10.1. The number of hydrogen-bond donors (Lipinski definition) is 0. The van der Waals surface area contributed by atoms with Crippen molar-refractivity contribution in [1.29, 1.82) is 5.26 Å². The van der Waals surface area contributed by atoms with Crippen molar-refractivity contribution in [3.8, 4) is 6.07 Å². The quantitative estimate of drug-likeness (QED) is 0.770. The van der Waals surface area contributed by atoms with Gasteiger partial charge in [-0.05, 0) is 43.2 Å². The first-order chi connectivity index (χ1) is 8.61. The maximum atomic E-state index is 9.15. The lowest BCUT2D eigenvalue weighted by molar-refractivity contribution is 1.25. The first-order valence-electron chi connectivity index (χ1n) is 5.55. The highest BCUT2D eigenvalue weighted by molar-refractivity contribution is 7.99. The molecule has 18 heavy (non-hydrogen) atoms. The molecule has 90 valence electrons. The molecule has 0 amide bonds. The maximum absolute atomic E-state index is 9.15. The Balaban J connectivity index is 2.44. The van der Waals surface area contributed by atoms with E-state index in [0.717, 1.165) is 9.79 Å². The van der Waals surface area contributed by atoms with Gasteiger partial charge in [0.1, 0.15) is 6.07 Å². The van der Waals surface area contributed by atoms with E-state index in [1.165, 1.54) is 11.1 Å². The zero-order valence-electron chi connectivity index (χ0n) is 10.2. The summed E-state index contributed by atoms with van der Waals surface area (Å²) >= 11 is 7.62. The molecule has 0 aliphatic carbocycles. The number of nitrogens with zero attached hydrogens (tertiary/aromatic N) is 1. The number of rotatable bonds is 2. The zero-order valence-corrected chi connectivity index (χ0v) is 11.8. The fourth-order valence-electron chi connectivity index (χ4n) is 1.63. The van der Waals surface area contributed by atoms with Gasteiger partial charge in [0.05, 0.1) is 10.6 Å². The Labute approximate surface area is 116 Å². The number of hydrogen-bond acceptors (Lipinski definition) is 2. The standard InChI is InChI=1S/C15H12ClNS/c1-10-6-7-11(2)15(8-10)18-14-5-3-4-13(16)12(14)9-17/h3-8H,1-2H3. The van der Waals surface area contributed by atoms with Crippen LogP contribution in [0.15, 0.2) is 46.2 Å². The van der Waals surface area contributed by atoms with Crippen LogP contribution < -0.4 is 0 Å². The fraction of sp³-hybridized carbons (Fsp3) is 0.133. The smallest absolute Gasteiger partial charge is 0.102 e. The summed E-state index contributed by atoms with van der Waals surface area (Å²) in [6, 6.07) is 14.0. The number of benzene rings is 2. The molecule has 0 aliphatic heterocycles. The van der Waals surface area contributed by atoms with Crippen LogP contribution in [0, 0.1) is 25.2 Å². The van der Waals surface area contributed by atoms with Gasteiger partial charge in [-0.15, -0.1) is 0 Å². The average Bonchev–Trinajstić information content (AvgIpc) is 2.34. The van der Waals surface area contributed by atoms with Crippen LogP contribution >= 0.6 is 23.4 Å². The maximum Gasteiger partial charge on any atom is 0.102 e. The Bertz CT molecular complexity index is 629. The topological polar surface area (TPSA) is 23.8 Å². The molecule has 0 N–H and O–H groups in total. The van der Waals surface area contributed by atoms with Crippen molar-refractivity contribution in [2.75, 3.05) is 0 Å². The van der Waals surface area contributed by atoms with Gasteiger partial charge in [0.2, 0.25) is 0 Å². The van der Waals surface area contributed by atoms with Gasteiger partial charge in [0.15, 0.2) is 0 Å². The van der Waals surface area contributed by atoms with E-state index < -0.39 is 0 Å². The zero-order chi connectivity index (χ0) is 13.1. The first kappa shape index (κ1) is 13.0. The van der Waals surface area contributed by atoms with Crippen molar-refractivity contribution in [3.05, 3.63) is 58.1 Å². The van der Waals surface area contributed by atoms with Crippen molar-refractivity contribution >= 4 is 23.4 Å². The Kier molecular flexibility index (Phi) is 3.96. The lowest BCUT2D eigenvalue weighted by Crippen LogP contribution is -1.86. The summed E-state index contributed by atoms with van der Waals surface area (Å²) in [5, 5.41) is 9.66. The van der Waals surface area contributed by atoms with Gasteiger partial charge in [0.25, 0.3) is 0 Å². The van der Waals surface area contributed by atoms with Gasteiger partial charge < -0.3 is 0 Å². The second-order valence-electron chi connectivity index (χ2n) is 4.10. The number of aryl methyl sites for hydroxylation is 2. The predicted molar refractivity (Wildman–Crippen MR) is 76.2 cm³/mol. The van der Waals surface area contributed by atoms with Crippen LogP contribution in [-0.2, 0) is 0 Å². The molecule has 0 fully saturated rings. The molecule has 0 saturated heterocycles. The van der Waals surface area contributed by atoms with Crippen LogP contribution in [-0.4, -0.2) is 0 Å². The minimum atomic E-state index is 0.507. The third kappa shape index (κ3) is 2.69. The SMILES string of the molecule is Cc1ccc(C)c(Sc2cccc(Cl)c2C#N)c1. The first-order valence-corrected chi connectivity index (χ1v) is 6.75. The second-order valence-corrected chi connectivity index (χ2v) is 5.59. The summed E-state index contributed by atoms with van der Waals surface area (Å²) in [5.74, 6) is 0. The second kappa shape index (κ2) is 5.48. The van der Waals surface area contributed by atoms with E-state index in [2.05, 4.69) is 38.1 Å². The highest BCUT2D eigenvalue weighted by Gasteiger charge is 2.09. The van der Waals surface area contributed by atoms with Gasteiger partial charge in [-0.1, -0.05) is 41.6 Å². The monoisotopic (exact) mass is 273 g/mol. The fourth-order valence-corrected chi connectivity index (χ4v) is 3.02. The molecule has 0 saturated carbocycles. The summed E-state index contributed by atoms with van der Waals surface area (Å²) in [6.45, 7) is 4.13. The van der Waals surface area contributed by atoms with Gasteiger partial charge in [-0.2, -0.15) is 5.26 Å². The van der Waals surface area contributed by atoms with Crippen molar-refractivity contribution in [3.63, 3.8) is 0 Å². The summed E-state index contributed by atoms with van der Waals surface area (Å²) in [7, 11) is 0. The van der Waals surface area contributed by atoms with E-state index in [1.54, 1.807) is 17.8 Å². The largest absolute Gasteiger partial charge is 0.192 e. The lowest BCUT2D eigenvalue weighted by Gasteiger charge is -2.08. The van der Waals surface area contributed by atoms with Gasteiger partial charge in [0, 0.05) is 9.79 Å². The van der Waals surface area contributed by atoms with Crippen LogP contribution in [0.5, 0.6) is 0 Å². The molecule has 2 aromatic rings. The molecule has 0 aromatic heterocycles. The Morgan fingerprint density at radius 1 is 1.11 bits per heavy atom. The predicted octanol–water partition coefficient (Wildman–Crippen LogP) is 4.98. The van der Waals surface area contributed by atoms with Crippen LogP contribution in [0.2, 0.25) is 5.02 Å². The van der Waals surface area contributed by atoms with Crippen molar-refractivity contribution < 1.29 is 0 Å². The van der Waals surface area contributed by atoms with Crippen molar-refractivity contribution in [2.45, 2.75) is 23.6 Å². The van der Waals surface area contributed by atoms with Crippen LogP contribution in [0.3, 0.4) is 0 Å². The molecular formula is C15H12ClNS. The molecule has 3 heteroatoms. The molecule has 1 nitrogen and oxygen atoms in total. The van der Waals surface area contributed by atoms with Gasteiger partial charge in [-0.25, -0.2) is 0 Å². The molecule has 2 rings (SSSR count). The van der Waals surface area contributed by atoms with E-state index in [9.17, 15) is 0 Å². The van der Waals surface area contributed by atoms with E-state index in [1.807, 2.05) is 12.1 Å². The molecule has 0 aliphatic rings. The summed E-state index contributed by atoms with van der Waals surface area (Å²) in [4.78, 5) is 2.06. The lowest BCUT2D eigenvalue weighted by atomic mass is 10.2. The third-order valence-corrected chi connectivity index (χ3v) is 4.19. The minimum Gasteiger partial charge on any atom is -0.192 e. The highest BCUT2D eigenvalue weighted by atomic mass is 35.5. The van der Waals surface area contributed by atoms with E-state index >= 15 is 0 Å². The van der Waals surface area contributed by atoms with Crippen molar-refractivity contribution in [2.24, 2.45) is 0 Å². The van der Waals surface area contributed by atoms with Crippen LogP contribution in [0.1, 0.15) is 16.7 Å². The number of nitriles is 1. The molecule has 0 atom stereocenters. The minimum absolute atomic E-state index is 0.507. The van der Waals surface area contributed by atoms with Gasteiger partial charge >= 0.3 is 0 Å². The molecule has 0 unspecified atom stereocenters. The molecule has 2 aromatic carbocycles. The summed E-state index contributed by atoms with van der Waals surface area (Å²) < 4.78 is 0. The summed E-state index contributed by atoms with van der Waals surface area (Å²) in [5.41, 5.74) is 2.96. The van der Waals surface area contributed by atoms with E-state index in [-0.39, 0.29) is 0 Å². The molecular weight excluding hydrogens is 262 g/mol. The van der Waals surface area contributed by atoms with Crippen LogP contribution in [0.25, 0.3) is 0 Å². The Hall–Kier alpha value is -1.43. The van der Waals surface area contributed by atoms with E-state index in [0.29, 0.717) is 10.6 Å². The van der Waals surface area contributed by atoms with E-state index in [4.69, 9.17) is 16.9 Å². The Morgan fingerprint density at radius 3 is 2.61 bits per heavy atom. The Morgan fingerprint density at radius 2 is 1.89 bits per heavy atom. The average molecular weight is 274 g/mol. The summed E-state index contributed by atoms with van der Waals surface area (Å²) in [6.07, 6.45) is 0. The third-order valence-electron chi connectivity index (χ3n) is 2.65. The molecule has 0 bridgehead atoms. The molecule has 0 radical (unpaired) electrons. The highest BCUT2D eigenvalue weighted by Crippen LogP contribution is 2.35.